The summed E-state index contributed by atoms with van der Waals surface area (Å²) < 4.78 is 16.6. The lowest BCUT2D eigenvalue weighted by atomic mass is 9.91. The van der Waals surface area contributed by atoms with E-state index in [1.807, 2.05) is 38.1 Å². The van der Waals surface area contributed by atoms with E-state index < -0.39 is 0 Å². The van der Waals surface area contributed by atoms with Gasteiger partial charge in [-0.05, 0) is 62.2 Å². The molecular formula is C19H23NO3. The molecule has 0 fully saturated rings. The number of hydrogen-bond donors (Lipinski definition) is 1. The van der Waals surface area contributed by atoms with Crippen molar-refractivity contribution in [2.24, 2.45) is 5.73 Å². The van der Waals surface area contributed by atoms with Crippen molar-refractivity contribution in [3.8, 4) is 17.2 Å². The molecule has 2 aromatic carbocycles. The van der Waals surface area contributed by atoms with Crippen LogP contribution in [-0.4, -0.2) is 19.4 Å². The first-order valence-corrected chi connectivity index (χ1v) is 8.01. The van der Waals surface area contributed by atoms with E-state index in [9.17, 15) is 0 Å². The van der Waals surface area contributed by atoms with Gasteiger partial charge in [0.2, 0.25) is 6.79 Å². The van der Waals surface area contributed by atoms with Crippen molar-refractivity contribution in [2.75, 3.05) is 13.3 Å². The lowest BCUT2D eigenvalue weighted by Crippen LogP contribution is -2.15. The molecule has 4 heteroatoms. The summed E-state index contributed by atoms with van der Waals surface area (Å²) in [6.07, 6.45) is 1.04. The van der Waals surface area contributed by atoms with Gasteiger partial charge in [-0.25, -0.2) is 0 Å². The zero-order valence-corrected chi connectivity index (χ0v) is 13.6. The Labute approximate surface area is 137 Å². The fourth-order valence-corrected chi connectivity index (χ4v) is 2.81. The Morgan fingerprint density at radius 2 is 1.91 bits per heavy atom. The molecule has 0 spiro atoms. The van der Waals surface area contributed by atoms with Crippen LogP contribution < -0.4 is 19.9 Å². The topological polar surface area (TPSA) is 53.7 Å². The summed E-state index contributed by atoms with van der Waals surface area (Å²) in [6.45, 7) is 4.93. The molecule has 0 bridgehead atoms. The molecule has 1 heterocycles. The largest absolute Gasteiger partial charge is 0.491 e. The van der Waals surface area contributed by atoms with Crippen LogP contribution in [0.2, 0.25) is 0 Å². The van der Waals surface area contributed by atoms with Crippen molar-refractivity contribution in [2.45, 2.75) is 32.3 Å². The second-order valence-corrected chi connectivity index (χ2v) is 6.06. The fraction of sp³-hybridized carbons (Fsp3) is 0.368. The molecule has 122 valence electrons. The smallest absolute Gasteiger partial charge is 0.231 e. The second kappa shape index (κ2) is 6.92. The molecule has 0 radical (unpaired) electrons. The number of nitrogens with two attached hydrogens (primary N) is 1. The average Bonchev–Trinajstić information content (AvgIpc) is 3.00. The number of ether oxygens (including phenoxy) is 3. The van der Waals surface area contributed by atoms with Crippen LogP contribution in [0.1, 0.15) is 30.9 Å². The quantitative estimate of drug-likeness (QED) is 0.887. The zero-order valence-electron chi connectivity index (χ0n) is 13.6. The van der Waals surface area contributed by atoms with E-state index in [1.165, 1.54) is 11.1 Å². The van der Waals surface area contributed by atoms with E-state index in [0.29, 0.717) is 13.3 Å². The molecule has 1 aliphatic rings. The Morgan fingerprint density at radius 3 is 2.70 bits per heavy atom. The molecule has 2 aromatic rings. The van der Waals surface area contributed by atoms with E-state index >= 15 is 0 Å². The Balaban J connectivity index is 1.77. The van der Waals surface area contributed by atoms with E-state index in [4.69, 9.17) is 19.9 Å². The summed E-state index contributed by atoms with van der Waals surface area (Å²) in [7, 11) is 0. The summed E-state index contributed by atoms with van der Waals surface area (Å²) in [5.41, 5.74) is 8.41. The second-order valence-electron chi connectivity index (χ2n) is 6.06. The van der Waals surface area contributed by atoms with Crippen LogP contribution in [0.3, 0.4) is 0 Å². The lowest BCUT2D eigenvalue weighted by Gasteiger charge is -2.17. The maximum absolute atomic E-state index is 6.01. The van der Waals surface area contributed by atoms with Crippen molar-refractivity contribution in [1.29, 1.82) is 0 Å². The molecule has 2 N–H and O–H groups in total. The summed E-state index contributed by atoms with van der Waals surface area (Å²) in [6, 6.07) is 14.3. The van der Waals surface area contributed by atoms with Gasteiger partial charge in [0.25, 0.3) is 0 Å². The maximum atomic E-state index is 6.01. The van der Waals surface area contributed by atoms with E-state index in [0.717, 1.165) is 23.7 Å². The molecule has 0 aromatic heterocycles. The average molecular weight is 313 g/mol. The summed E-state index contributed by atoms with van der Waals surface area (Å²) in [5, 5.41) is 0. The molecule has 0 saturated carbocycles. The number of hydrogen-bond acceptors (Lipinski definition) is 4. The van der Waals surface area contributed by atoms with Gasteiger partial charge in [-0.1, -0.05) is 18.2 Å². The Kier molecular flexibility index (Phi) is 4.72. The lowest BCUT2D eigenvalue weighted by molar-refractivity contribution is 0.174. The van der Waals surface area contributed by atoms with Gasteiger partial charge < -0.3 is 19.9 Å². The number of benzene rings is 2. The predicted octanol–water partition coefficient (Wildman–Crippen LogP) is 3.49. The van der Waals surface area contributed by atoms with Crippen LogP contribution in [0, 0.1) is 0 Å². The molecule has 1 aliphatic heterocycles. The van der Waals surface area contributed by atoms with Crippen LogP contribution >= 0.6 is 0 Å². The molecular weight excluding hydrogens is 290 g/mol. The minimum Gasteiger partial charge on any atom is -0.491 e. The monoisotopic (exact) mass is 313 g/mol. The van der Waals surface area contributed by atoms with Crippen LogP contribution in [-0.2, 0) is 6.42 Å². The van der Waals surface area contributed by atoms with Gasteiger partial charge in [0.15, 0.2) is 11.5 Å². The molecule has 4 nitrogen and oxygen atoms in total. The van der Waals surface area contributed by atoms with Gasteiger partial charge in [-0.3, -0.25) is 0 Å². The SMILES string of the molecule is CC(C)Oc1cccc(CC(CN)c2ccc3c(c2)OCO3)c1. The van der Waals surface area contributed by atoms with Gasteiger partial charge >= 0.3 is 0 Å². The highest BCUT2D eigenvalue weighted by Crippen LogP contribution is 2.35. The van der Waals surface area contributed by atoms with Crippen LogP contribution in [0.15, 0.2) is 42.5 Å². The van der Waals surface area contributed by atoms with Crippen LogP contribution in [0.4, 0.5) is 0 Å². The van der Waals surface area contributed by atoms with E-state index in [-0.39, 0.29) is 12.0 Å². The normalized spacial score (nSPS) is 14.1. The summed E-state index contributed by atoms with van der Waals surface area (Å²) in [4.78, 5) is 0. The van der Waals surface area contributed by atoms with Crippen LogP contribution in [0.25, 0.3) is 0 Å². The van der Waals surface area contributed by atoms with Crippen molar-refractivity contribution >= 4 is 0 Å². The van der Waals surface area contributed by atoms with Gasteiger partial charge in [0.1, 0.15) is 5.75 Å². The third-order valence-corrected chi connectivity index (χ3v) is 3.90. The highest BCUT2D eigenvalue weighted by Gasteiger charge is 2.18. The first-order chi connectivity index (χ1) is 11.2. The molecule has 3 rings (SSSR count). The predicted molar refractivity (Wildman–Crippen MR) is 90.3 cm³/mol. The van der Waals surface area contributed by atoms with Crippen molar-refractivity contribution < 1.29 is 14.2 Å². The molecule has 1 atom stereocenters. The first kappa shape index (κ1) is 15.7. The Bertz CT molecular complexity index is 669. The third-order valence-electron chi connectivity index (χ3n) is 3.90. The van der Waals surface area contributed by atoms with Crippen molar-refractivity contribution in [1.82, 2.24) is 0 Å². The van der Waals surface area contributed by atoms with E-state index in [1.54, 1.807) is 0 Å². The number of fused-ring (bicyclic) bond motifs is 1. The van der Waals surface area contributed by atoms with Gasteiger partial charge in [0.05, 0.1) is 6.10 Å². The molecule has 0 amide bonds. The Hall–Kier alpha value is -2.20. The molecule has 0 aliphatic carbocycles. The summed E-state index contributed by atoms with van der Waals surface area (Å²) in [5.74, 6) is 2.74. The minimum atomic E-state index is 0.171. The zero-order chi connectivity index (χ0) is 16.2. The van der Waals surface area contributed by atoms with Crippen molar-refractivity contribution in [3.05, 3.63) is 53.6 Å². The maximum Gasteiger partial charge on any atom is 0.231 e. The van der Waals surface area contributed by atoms with Crippen LogP contribution in [0.5, 0.6) is 17.2 Å². The minimum absolute atomic E-state index is 0.171. The van der Waals surface area contributed by atoms with Gasteiger partial charge in [0, 0.05) is 5.92 Å². The molecule has 0 saturated heterocycles. The standard InChI is InChI=1S/C19H23NO3/c1-13(2)23-17-5-3-4-14(9-17)8-16(11-20)15-6-7-18-19(10-15)22-12-21-18/h3-7,9-10,13,16H,8,11-12,20H2,1-2H3. The Morgan fingerprint density at radius 1 is 1.09 bits per heavy atom. The van der Waals surface area contributed by atoms with Gasteiger partial charge in [-0.2, -0.15) is 0 Å². The highest BCUT2D eigenvalue weighted by atomic mass is 16.7. The summed E-state index contributed by atoms with van der Waals surface area (Å²) >= 11 is 0. The number of rotatable bonds is 6. The highest BCUT2D eigenvalue weighted by molar-refractivity contribution is 5.46. The first-order valence-electron chi connectivity index (χ1n) is 8.01. The fourth-order valence-electron chi connectivity index (χ4n) is 2.81. The third kappa shape index (κ3) is 3.77. The van der Waals surface area contributed by atoms with Crippen molar-refractivity contribution in [3.63, 3.8) is 0 Å². The van der Waals surface area contributed by atoms with E-state index in [2.05, 4.69) is 18.2 Å². The molecule has 1 unspecified atom stereocenters. The van der Waals surface area contributed by atoms with Gasteiger partial charge in [-0.15, -0.1) is 0 Å². The molecule has 23 heavy (non-hydrogen) atoms.